The van der Waals surface area contributed by atoms with E-state index in [1.165, 1.54) is 18.2 Å². The second kappa shape index (κ2) is 5.58. The second-order valence-corrected chi connectivity index (χ2v) is 5.44. The molecule has 0 radical (unpaired) electrons. The second-order valence-electron chi connectivity index (χ2n) is 5.44. The fraction of sp³-hybridized carbons (Fsp3) is 0.500. The summed E-state index contributed by atoms with van der Waals surface area (Å²) < 4.78 is 0. The van der Waals surface area contributed by atoms with Gasteiger partial charge >= 0.3 is 0 Å². The molecule has 1 aliphatic heterocycles. The van der Waals surface area contributed by atoms with Crippen LogP contribution in [0.2, 0.25) is 0 Å². The van der Waals surface area contributed by atoms with Crippen LogP contribution in [0, 0.1) is 23.0 Å². The number of nitro benzene ring substituents is 1. The van der Waals surface area contributed by atoms with Crippen molar-refractivity contribution < 1.29 is 9.72 Å². The molecule has 0 spiro atoms. The molecule has 1 amide bonds. The van der Waals surface area contributed by atoms with Gasteiger partial charge in [-0.05, 0) is 30.9 Å². The van der Waals surface area contributed by atoms with Crippen molar-refractivity contribution in [1.29, 1.82) is 0 Å². The van der Waals surface area contributed by atoms with Crippen molar-refractivity contribution in [3.05, 3.63) is 39.4 Å². The van der Waals surface area contributed by atoms with Crippen LogP contribution in [0.25, 0.3) is 0 Å². The van der Waals surface area contributed by atoms with E-state index in [9.17, 15) is 14.9 Å². The van der Waals surface area contributed by atoms with Crippen LogP contribution in [0.1, 0.15) is 29.3 Å². The van der Waals surface area contributed by atoms with E-state index in [1.54, 1.807) is 11.8 Å². The van der Waals surface area contributed by atoms with Gasteiger partial charge in [-0.2, -0.15) is 0 Å². The van der Waals surface area contributed by atoms with Gasteiger partial charge in [-0.3, -0.25) is 14.9 Å². The Bertz CT molecular complexity index is 544. The third kappa shape index (κ3) is 2.80. The lowest BCUT2D eigenvalue weighted by molar-refractivity contribution is -0.384. The Morgan fingerprint density at radius 1 is 1.50 bits per heavy atom. The molecule has 1 aliphatic rings. The number of non-ortho nitro benzene ring substituents is 1. The van der Waals surface area contributed by atoms with Crippen molar-refractivity contribution in [2.24, 2.45) is 11.7 Å². The number of likely N-dealkylation sites (tertiary alicyclic amines) is 1. The van der Waals surface area contributed by atoms with Crippen molar-refractivity contribution in [2.75, 3.05) is 13.1 Å². The van der Waals surface area contributed by atoms with E-state index < -0.39 is 4.92 Å². The topological polar surface area (TPSA) is 89.5 Å². The summed E-state index contributed by atoms with van der Waals surface area (Å²) in [5.41, 5.74) is 7.14. The Morgan fingerprint density at radius 2 is 2.20 bits per heavy atom. The van der Waals surface area contributed by atoms with Gasteiger partial charge in [0.25, 0.3) is 11.6 Å². The maximum atomic E-state index is 12.5. The number of rotatable bonds is 2. The number of aryl methyl sites for hydroxylation is 1. The number of nitro groups is 1. The molecule has 1 fully saturated rings. The Hall–Kier alpha value is -1.95. The average Bonchev–Trinajstić information content (AvgIpc) is 2.41. The number of nitrogens with two attached hydrogens (primary N) is 1. The van der Waals surface area contributed by atoms with E-state index in [0.717, 1.165) is 6.42 Å². The summed E-state index contributed by atoms with van der Waals surface area (Å²) in [6.45, 7) is 5.02. The molecule has 0 saturated carbocycles. The molecule has 6 nitrogen and oxygen atoms in total. The lowest BCUT2D eigenvalue weighted by Gasteiger charge is -2.35. The van der Waals surface area contributed by atoms with E-state index in [4.69, 9.17) is 5.73 Å². The molecule has 108 valence electrons. The van der Waals surface area contributed by atoms with Crippen LogP contribution in [0.15, 0.2) is 18.2 Å². The Labute approximate surface area is 117 Å². The van der Waals surface area contributed by atoms with E-state index in [0.29, 0.717) is 30.1 Å². The number of hydrogen-bond donors (Lipinski definition) is 1. The normalized spacial score (nSPS) is 22.6. The van der Waals surface area contributed by atoms with Crippen molar-refractivity contribution in [2.45, 2.75) is 26.3 Å². The summed E-state index contributed by atoms with van der Waals surface area (Å²) in [5, 5.41) is 10.7. The van der Waals surface area contributed by atoms with Crippen LogP contribution in [0.5, 0.6) is 0 Å². The average molecular weight is 277 g/mol. The summed E-state index contributed by atoms with van der Waals surface area (Å²) in [7, 11) is 0. The largest absolute Gasteiger partial charge is 0.337 e. The first-order valence-corrected chi connectivity index (χ1v) is 6.70. The van der Waals surface area contributed by atoms with Gasteiger partial charge in [0.15, 0.2) is 0 Å². The molecule has 1 heterocycles. The highest BCUT2D eigenvalue weighted by atomic mass is 16.6. The predicted octanol–water partition coefficient (Wildman–Crippen LogP) is 1.71. The van der Waals surface area contributed by atoms with Crippen molar-refractivity contribution in [3.63, 3.8) is 0 Å². The molecule has 2 unspecified atom stereocenters. The molecule has 1 aromatic rings. The summed E-state index contributed by atoms with van der Waals surface area (Å²) in [4.78, 5) is 24.4. The zero-order valence-electron chi connectivity index (χ0n) is 11.7. The minimum atomic E-state index is -0.459. The van der Waals surface area contributed by atoms with Crippen molar-refractivity contribution in [3.8, 4) is 0 Å². The molecular weight excluding hydrogens is 258 g/mol. The van der Waals surface area contributed by atoms with E-state index in [-0.39, 0.29) is 17.6 Å². The molecule has 2 rings (SSSR count). The summed E-state index contributed by atoms with van der Waals surface area (Å²) in [5.74, 6) is 0.316. The fourth-order valence-corrected chi connectivity index (χ4v) is 2.46. The zero-order chi connectivity index (χ0) is 14.9. The summed E-state index contributed by atoms with van der Waals surface area (Å²) >= 11 is 0. The zero-order valence-corrected chi connectivity index (χ0v) is 11.7. The van der Waals surface area contributed by atoms with Gasteiger partial charge in [0.2, 0.25) is 0 Å². The minimum Gasteiger partial charge on any atom is -0.337 e. The number of nitrogens with zero attached hydrogens (tertiary/aromatic N) is 2. The third-order valence-electron chi connectivity index (χ3n) is 3.95. The van der Waals surface area contributed by atoms with Crippen LogP contribution in [0.3, 0.4) is 0 Å². The quantitative estimate of drug-likeness (QED) is 0.658. The number of hydrogen-bond acceptors (Lipinski definition) is 4. The molecule has 0 aliphatic carbocycles. The molecule has 20 heavy (non-hydrogen) atoms. The Morgan fingerprint density at radius 3 is 2.75 bits per heavy atom. The molecule has 0 bridgehead atoms. The van der Waals surface area contributed by atoms with E-state index in [1.807, 2.05) is 0 Å². The van der Waals surface area contributed by atoms with Gasteiger partial charge in [0.05, 0.1) is 4.92 Å². The number of benzene rings is 1. The monoisotopic (exact) mass is 277 g/mol. The molecular formula is C14H19N3O3. The van der Waals surface area contributed by atoms with Crippen LogP contribution in [0.4, 0.5) is 5.69 Å². The number of carbonyl (C=O) groups is 1. The lowest BCUT2D eigenvalue weighted by Crippen LogP contribution is -2.49. The highest BCUT2D eigenvalue weighted by Gasteiger charge is 2.27. The molecule has 2 atom stereocenters. The predicted molar refractivity (Wildman–Crippen MR) is 75.5 cm³/mol. The molecule has 2 N–H and O–H groups in total. The van der Waals surface area contributed by atoms with Gasteiger partial charge in [0.1, 0.15) is 0 Å². The molecule has 1 saturated heterocycles. The maximum absolute atomic E-state index is 12.5. The van der Waals surface area contributed by atoms with E-state index in [2.05, 4.69) is 6.92 Å². The van der Waals surface area contributed by atoms with Gasteiger partial charge < -0.3 is 10.6 Å². The van der Waals surface area contributed by atoms with Crippen molar-refractivity contribution >= 4 is 11.6 Å². The first-order valence-electron chi connectivity index (χ1n) is 6.70. The first kappa shape index (κ1) is 14.5. The Balaban J connectivity index is 2.19. The third-order valence-corrected chi connectivity index (χ3v) is 3.95. The number of piperidine rings is 1. The fourth-order valence-electron chi connectivity index (χ4n) is 2.46. The van der Waals surface area contributed by atoms with Crippen LogP contribution >= 0.6 is 0 Å². The summed E-state index contributed by atoms with van der Waals surface area (Å²) in [6.07, 6.45) is 0.888. The van der Waals surface area contributed by atoms with Gasteiger partial charge in [-0.25, -0.2) is 0 Å². The molecule has 6 heteroatoms. The highest BCUT2D eigenvalue weighted by Crippen LogP contribution is 2.21. The maximum Gasteiger partial charge on any atom is 0.269 e. The highest BCUT2D eigenvalue weighted by molar-refractivity contribution is 5.96. The molecule has 1 aromatic carbocycles. The standard InChI is InChI=1S/C14H19N3O3/c1-9-5-6-16(8-13(9)15)14(18)12-4-3-11(17(19)20)7-10(12)2/h3-4,7,9,13H,5-6,8,15H2,1-2H3. The Kier molecular flexibility index (Phi) is 4.04. The van der Waals surface area contributed by atoms with Crippen LogP contribution < -0.4 is 5.73 Å². The summed E-state index contributed by atoms with van der Waals surface area (Å²) in [6, 6.07) is 4.32. The molecule has 0 aromatic heterocycles. The first-order chi connectivity index (χ1) is 9.40. The minimum absolute atomic E-state index is 0.00279. The van der Waals surface area contributed by atoms with Crippen LogP contribution in [-0.2, 0) is 0 Å². The number of carbonyl (C=O) groups excluding carboxylic acids is 1. The van der Waals surface area contributed by atoms with Gasteiger partial charge in [-0.15, -0.1) is 0 Å². The van der Waals surface area contributed by atoms with E-state index >= 15 is 0 Å². The number of amides is 1. The lowest BCUT2D eigenvalue weighted by atomic mass is 9.93. The van der Waals surface area contributed by atoms with Gasteiger partial charge in [0, 0.05) is 36.8 Å². The smallest absolute Gasteiger partial charge is 0.269 e. The SMILES string of the molecule is Cc1cc([N+](=O)[O-])ccc1C(=O)N1CCC(C)C(N)C1. The van der Waals surface area contributed by atoms with Crippen LogP contribution in [-0.4, -0.2) is 34.9 Å². The van der Waals surface area contributed by atoms with Crippen molar-refractivity contribution in [1.82, 2.24) is 4.90 Å². The van der Waals surface area contributed by atoms with Gasteiger partial charge in [-0.1, -0.05) is 6.92 Å².